The van der Waals surface area contributed by atoms with Crippen LogP contribution in [-0.2, 0) is 0 Å². The van der Waals surface area contributed by atoms with Gasteiger partial charge in [-0.1, -0.05) is 42.0 Å². The van der Waals surface area contributed by atoms with E-state index in [-0.39, 0.29) is 6.04 Å². The fourth-order valence-electron chi connectivity index (χ4n) is 3.04. The van der Waals surface area contributed by atoms with Gasteiger partial charge in [0.2, 0.25) is 5.95 Å². The average Bonchev–Trinajstić information content (AvgIpc) is 2.64. The Balaban J connectivity index is 1.53. The fourth-order valence-corrected chi connectivity index (χ4v) is 3.04. The van der Waals surface area contributed by atoms with E-state index in [2.05, 4.69) is 57.9 Å². The monoisotopic (exact) mass is 322 g/mol. The van der Waals surface area contributed by atoms with Crippen LogP contribution in [0.5, 0.6) is 0 Å². The molecule has 1 unspecified atom stereocenters. The smallest absolute Gasteiger partial charge is 0.224 e. The fraction of sp³-hybridized carbons (Fsp3) is 0.400. The van der Waals surface area contributed by atoms with Crippen molar-refractivity contribution in [3.05, 3.63) is 59.8 Å². The van der Waals surface area contributed by atoms with E-state index in [9.17, 15) is 0 Å². The van der Waals surface area contributed by atoms with Crippen LogP contribution < -0.4 is 10.6 Å². The van der Waals surface area contributed by atoms with Crippen LogP contribution in [-0.4, -0.2) is 16.5 Å². The molecule has 1 aromatic carbocycles. The molecular formula is C20H26N4. The molecule has 0 radical (unpaired) electrons. The molecule has 0 bridgehead atoms. The van der Waals surface area contributed by atoms with Gasteiger partial charge in [0, 0.05) is 18.8 Å². The van der Waals surface area contributed by atoms with Crippen LogP contribution in [0.3, 0.4) is 0 Å². The molecule has 1 heterocycles. The lowest BCUT2D eigenvalue weighted by Gasteiger charge is -2.16. The number of benzene rings is 1. The van der Waals surface area contributed by atoms with Gasteiger partial charge < -0.3 is 10.6 Å². The SMILES string of the molecule is CC(Nc1ccnc(NCCC2=CCCCC2)n1)c1ccccc1. The standard InChI is InChI=1S/C20H26N4/c1-16(18-10-6-3-7-11-18)23-19-13-15-22-20(24-19)21-14-12-17-8-4-2-5-9-17/h3,6-8,10-11,13,15-16H,2,4-5,9,12,14H2,1H3,(H2,21,22,23,24). The molecule has 3 rings (SSSR count). The molecule has 0 aliphatic heterocycles. The van der Waals surface area contributed by atoms with E-state index in [4.69, 9.17) is 0 Å². The lowest BCUT2D eigenvalue weighted by molar-refractivity contribution is 0.679. The highest BCUT2D eigenvalue weighted by Crippen LogP contribution is 2.20. The van der Waals surface area contributed by atoms with Gasteiger partial charge in [0.25, 0.3) is 0 Å². The first-order valence-corrected chi connectivity index (χ1v) is 8.87. The van der Waals surface area contributed by atoms with Crippen molar-refractivity contribution in [2.24, 2.45) is 0 Å². The summed E-state index contributed by atoms with van der Waals surface area (Å²) >= 11 is 0. The summed E-state index contributed by atoms with van der Waals surface area (Å²) in [5.41, 5.74) is 2.82. The molecule has 4 nitrogen and oxygen atoms in total. The van der Waals surface area contributed by atoms with Crippen LogP contribution in [0.2, 0.25) is 0 Å². The maximum atomic E-state index is 4.57. The normalized spacial score (nSPS) is 15.5. The molecule has 1 aliphatic rings. The number of hydrogen-bond acceptors (Lipinski definition) is 4. The number of allylic oxidation sites excluding steroid dienone is 1. The topological polar surface area (TPSA) is 49.8 Å². The summed E-state index contributed by atoms with van der Waals surface area (Å²) in [6.07, 6.45) is 10.4. The van der Waals surface area contributed by atoms with Crippen LogP contribution in [0.25, 0.3) is 0 Å². The molecule has 0 fully saturated rings. The Morgan fingerprint density at radius 1 is 1.12 bits per heavy atom. The summed E-state index contributed by atoms with van der Waals surface area (Å²) < 4.78 is 0. The van der Waals surface area contributed by atoms with Crippen LogP contribution >= 0.6 is 0 Å². The Kier molecular flexibility index (Phi) is 5.83. The van der Waals surface area contributed by atoms with Crippen molar-refractivity contribution >= 4 is 11.8 Å². The van der Waals surface area contributed by atoms with Crippen molar-refractivity contribution in [3.63, 3.8) is 0 Å². The van der Waals surface area contributed by atoms with E-state index in [0.29, 0.717) is 5.95 Å². The maximum absolute atomic E-state index is 4.57. The first-order chi connectivity index (χ1) is 11.8. The summed E-state index contributed by atoms with van der Waals surface area (Å²) in [7, 11) is 0. The Labute approximate surface area is 144 Å². The molecule has 126 valence electrons. The predicted molar refractivity (Wildman–Crippen MR) is 100 cm³/mol. The van der Waals surface area contributed by atoms with Crippen molar-refractivity contribution in [3.8, 4) is 0 Å². The molecule has 0 saturated heterocycles. The average molecular weight is 322 g/mol. The first-order valence-electron chi connectivity index (χ1n) is 8.87. The Bertz CT molecular complexity index is 666. The number of nitrogens with zero attached hydrogens (tertiary/aromatic N) is 2. The highest BCUT2D eigenvalue weighted by Gasteiger charge is 2.07. The van der Waals surface area contributed by atoms with Gasteiger partial charge in [-0.05, 0) is 50.7 Å². The zero-order chi connectivity index (χ0) is 16.6. The summed E-state index contributed by atoms with van der Waals surface area (Å²) in [4.78, 5) is 8.89. The predicted octanol–water partition coefficient (Wildman–Crippen LogP) is 4.95. The third-order valence-electron chi connectivity index (χ3n) is 4.43. The van der Waals surface area contributed by atoms with Gasteiger partial charge in [-0.15, -0.1) is 0 Å². The quantitative estimate of drug-likeness (QED) is 0.708. The van der Waals surface area contributed by atoms with E-state index < -0.39 is 0 Å². The lowest BCUT2D eigenvalue weighted by atomic mass is 9.97. The van der Waals surface area contributed by atoms with Crippen LogP contribution in [0.1, 0.15) is 50.6 Å². The van der Waals surface area contributed by atoms with Crippen LogP contribution in [0, 0.1) is 0 Å². The summed E-state index contributed by atoms with van der Waals surface area (Å²) in [6, 6.07) is 12.5. The van der Waals surface area contributed by atoms with Gasteiger partial charge in [0.1, 0.15) is 5.82 Å². The maximum Gasteiger partial charge on any atom is 0.224 e. The van der Waals surface area contributed by atoms with Crippen molar-refractivity contribution in [1.82, 2.24) is 9.97 Å². The molecule has 2 aromatic rings. The molecular weight excluding hydrogens is 296 g/mol. The van der Waals surface area contributed by atoms with Gasteiger partial charge >= 0.3 is 0 Å². The molecule has 0 saturated carbocycles. The molecule has 2 N–H and O–H groups in total. The second kappa shape index (κ2) is 8.48. The third-order valence-corrected chi connectivity index (χ3v) is 4.43. The van der Waals surface area contributed by atoms with E-state index in [1.807, 2.05) is 12.1 Å². The van der Waals surface area contributed by atoms with Crippen molar-refractivity contribution in [1.29, 1.82) is 0 Å². The Hall–Kier alpha value is -2.36. The van der Waals surface area contributed by atoms with Crippen LogP contribution in [0.15, 0.2) is 54.2 Å². The largest absolute Gasteiger partial charge is 0.363 e. The molecule has 4 heteroatoms. The molecule has 24 heavy (non-hydrogen) atoms. The summed E-state index contributed by atoms with van der Waals surface area (Å²) in [5, 5.41) is 6.78. The second-order valence-corrected chi connectivity index (χ2v) is 6.33. The minimum Gasteiger partial charge on any atom is -0.363 e. The van der Waals surface area contributed by atoms with Gasteiger partial charge in [0.15, 0.2) is 0 Å². The van der Waals surface area contributed by atoms with Crippen molar-refractivity contribution in [2.45, 2.75) is 45.1 Å². The number of anilines is 2. The summed E-state index contributed by atoms with van der Waals surface area (Å²) in [6.45, 7) is 3.03. The highest BCUT2D eigenvalue weighted by molar-refractivity contribution is 5.42. The Morgan fingerprint density at radius 3 is 2.79 bits per heavy atom. The Morgan fingerprint density at radius 2 is 2.00 bits per heavy atom. The van der Waals surface area contributed by atoms with E-state index >= 15 is 0 Å². The number of aromatic nitrogens is 2. The number of nitrogens with one attached hydrogen (secondary N) is 2. The van der Waals surface area contributed by atoms with Gasteiger partial charge in [-0.2, -0.15) is 4.98 Å². The number of rotatable bonds is 7. The zero-order valence-electron chi connectivity index (χ0n) is 14.3. The van der Waals surface area contributed by atoms with Crippen molar-refractivity contribution in [2.75, 3.05) is 17.2 Å². The summed E-state index contributed by atoms with van der Waals surface area (Å²) in [5.74, 6) is 1.54. The third kappa shape index (κ3) is 4.82. The second-order valence-electron chi connectivity index (χ2n) is 6.33. The molecule has 1 aromatic heterocycles. The number of hydrogen-bond donors (Lipinski definition) is 2. The first kappa shape index (κ1) is 16.5. The lowest BCUT2D eigenvalue weighted by Crippen LogP contribution is -2.11. The van der Waals surface area contributed by atoms with E-state index in [1.165, 1.54) is 31.2 Å². The van der Waals surface area contributed by atoms with Gasteiger partial charge in [0.05, 0.1) is 0 Å². The van der Waals surface area contributed by atoms with E-state index in [1.54, 1.807) is 11.8 Å². The van der Waals surface area contributed by atoms with Gasteiger partial charge in [-0.25, -0.2) is 4.98 Å². The molecule has 0 spiro atoms. The molecule has 1 atom stereocenters. The van der Waals surface area contributed by atoms with Crippen molar-refractivity contribution < 1.29 is 0 Å². The molecule has 1 aliphatic carbocycles. The van der Waals surface area contributed by atoms with E-state index in [0.717, 1.165) is 18.8 Å². The minimum atomic E-state index is 0.210. The van der Waals surface area contributed by atoms with Gasteiger partial charge in [-0.3, -0.25) is 0 Å². The van der Waals surface area contributed by atoms with Crippen LogP contribution in [0.4, 0.5) is 11.8 Å². The minimum absolute atomic E-state index is 0.210. The highest BCUT2D eigenvalue weighted by atomic mass is 15.1. The zero-order valence-corrected chi connectivity index (χ0v) is 14.3. The molecule has 0 amide bonds.